The van der Waals surface area contributed by atoms with Crippen molar-refractivity contribution in [2.75, 3.05) is 11.9 Å². The Labute approximate surface area is 202 Å². The molecule has 10 heteroatoms. The van der Waals surface area contributed by atoms with Gasteiger partial charge in [0.05, 0.1) is 5.56 Å². The number of nitrogens with one attached hydrogen (secondary N) is 1. The largest absolute Gasteiger partial charge is 0.381 e. The molecule has 4 heterocycles. The van der Waals surface area contributed by atoms with Gasteiger partial charge < -0.3 is 19.9 Å². The average molecular weight is 479 g/mol. The van der Waals surface area contributed by atoms with Gasteiger partial charge in [0.2, 0.25) is 0 Å². The standard InChI is InChI=1S/C25H27FN6O3/c1-14-7-8-21-29-30-22(32(14)21)19-5-4-6-20(27-19)28-23(33)17-11-16-13-31(24(34)25(2,3)35)10-9-15(16)12-18(17)26/h4-6,11-12,14,35H,7-10,13H2,1-3H3,(H,27,28,33)/t14-/m0/s1. The fourth-order valence-electron chi connectivity index (χ4n) is 4.73. The van der Waals surface area contributed by atoms with Gasteiger partial charge in [0.25, 0.3) is 11.8 Å². The fourth-order valence-corrected chi connectivity index (χ4v) is 4.73. The van der Waals surface area contributed by atoms with Crippen molar-refractivity contribution in [2.24, 2.45) is 0 Å². The van der Waals surface area contributed by atoms with Crippen LogP contribution in [0, 0.1) is 5.82 Å². The third-order valence-corrected chi connectivity index (χ3v) is 6.57. The summed E-state index contributed by atoms with van der Waals surface area (Å²) in [7, 11) is 0. The van der Waals surface area contributed by atoms with Gasteiger partial charge in [0.1, 0.15) is 28.8 Å². The van der Waals surface area contributed by atoms with Gasteiger partial charge in [-0.25, -0.2) is 9.37 Å². The fraction of sp³-hybridized carbons (Fsp3) is 0.400. The first-order valence-corrected chi connectivity index (χ1v) is 11.7. The number of amides is 2. The van der Waals surface area contributed by atoms with Gasteiger partial charge in [-0.2, -0.15) is 0 Å². The third-order valence-electron chi connectivity index (χ3n) is 6.57. The van der Waals surface area contributed by atoms with Gasteiger partial charge in [-0.05, 0) is 69.0 Å². The third kappa shape index (κ3) is 4.29. The highest BCUT2D eigenvalue weighted by Crippen LogP contribution is 2.30. The number of aryl methyl sites for hydroxylation is 1. The average Bonchev–Trinajstić information content (AvgIpc) is 3.40. The first-order valence-electron chi connectivity index (χ1n) is 11.7. The number of aliphatic hydroxyl groups is 1. The van der Waals surface area contributed by atoms with Crippen LogP contribution in [0.3, 0.4) is 0 Å². The van der Waals surface area contributed by atoms with E-state index in [-0.39, 0.29) is 24.0 Å². The minimum atomic E-state index is -1.50. The molecule has 1 atom stereocenters. The second-order valence-corrected chi connectivity index (χ2v) is 9.70. The molecular formula is C25H27FN6O3. The Morgan fingerprint density at radius 3 is 2.74 bits per heavy atom. The number of nitrogens with zero attached hydrogens (tertiary/aromatic N) is 5. The van der Waals surface area contributed by atoms with Crippen LogP contribution in [-0.2, 0) is 24.2 Å². The molecule has 0 unspecified atom stereocenters. The number of halogens is 1. The Hall–Kier alpha value is -3.66. The molecular weight excluding hydrogens is 451 g/mol. The second kappa shape index (κ2) is 8.53. The van der Waals surface area contributed by atoms with Crippen LogP contribution >= 0.6 is 0 Å². The van der Waals surface area contributed by atoms with Crippen molar-refractivity contribution in [1.29, 1.82) is 0 Å². The highest BCUT2D eigenvalue weighted by atomic mass is 19.1. The van der Waals surface area contributed by atoms with Crippen LogP contribution in [0.1, 0.15) is 60.5 Å². The predicted octanol–water partition coefficient (Wildman–Crippen LogP) is 2.89. The lowest BCUT2D eigenvalue weighted by Gasteiger charge is -2.33. The minimum absolute atomic E-state index is 0.134. The smallest absolute Gasteiger partial charge is 0.259 e. The maximum Gasteiger partial charge on any atom is 0.259 e. The van der Waals surface area contributed by atoms with E-state index in [1.807, 2.05) is 0 Å². The predicted molar refractivity (Wildman–Crippen MR) is 126 cm³/mol. The highest BCUT2D eigenvalue weighted by molar-refractivity contribution is 6.04. The molecule has 1 aromatic carbocycles. The number of anilines is 1. The van der Waals surface area contributed by atoms with E-state index in [2.05, 4.69) is 32.0 Å². The summed E-state index contributed by atoms with van der Waals surface area (Å²) in [6, 6.07) is 8.27. The number of hydrogen-bond acceptors (Lipinski definition) is 6. The maximum atomic E-state index is 14.8. The molecule has 0 radical (unpaired) electrons. The molecule has 9 nitrogen and oxygen atoms in total. The molecule has 2 aliphatic heterocycles. The second-order valence-electron chi connectivity index (χ2n) is 9.70. The van der Waals surface area contributed by atoms with Crippen LogP contribution in [0.25, 0.3) is 11.5 Å². The molecule has 3 aromatic rings. The summed E-state index contributed by atoms with van der Waals surface area (Å²) in [6.45, 7) is 5.54. The number of benzene rings is 1. The number of fused-ring (bicyclic) bond motifs is 2. The number of carbonyl (C=O) groups is 2. The van der Waals surface area contributed by atoms with Crippen molar-refractivity contribution in [3.05, 3.63) is 58.7 Å². The Kier molecular flexibility index (Phi) is 5.63. The number of aromatic nitrogens is 4. The van der Waals surface area contributed by atoms with Crippen molar-refractivity contribution < 1.29 is 19.1 Å². The van der Waals surface area contributed by atoms with Crippen molar-refractivity contribution in [3.63, 3.8) is 0 Å². The van der Waals surface area contributed by atoms with E-state index in [0.29, 0.717) is 30.0 Å². The van der Waals surface area contributed by atoms with Gasteiger partial charge in [0.15, 0.2) is 5.82 Å². The van der Waals surface area contributed by atoms with E-state index in [0.717, 1.165) is 24.2 Å². The number of carbonyl (C=O) groups excluding carboxylic acids is 2. The Morgan fingerprint density at radius 2 is 1.97 bits per heavy atom. The summed E-state index contributed by atoms with van der Waals surface area (Å²) in [5.41, 5.74) is 0.354. The normalized spacial score (nSPS) is 17.2. The van der Waals surface area contributed by atoms with Crippen LogP contribution in [0.15, 0.2) is 30.3 Å². The first-order chi connectivity index (χ1) is 16.6. The molecule has 0 aliphatic carbocycles. The van der Waals surface area contributed by atoms with Gasteiger partial charge in [-0.15, -0.1) is 10.2 Å². The first kappa shape index (κ1) is 23.1. The summed E-state index contributed by atoms with van der Waals surface area (Å²) >= 11 is 0. The number of rotatable bonds is 4. The van der Waals surface area contributed by atoms with E-state index in [1.54, 1.807) is 18.2 Å². The van der Waals surface area contributed by atoms with E-state index in [1.165, 1.54) is 30.9 Å². The molecule has 0 fully saturated rings. The quantitative estimate of drug-likeness (QED) is 0.596. The van der Waals surface area contributed by atoms with Gasteiger partial charge in [0, 0.05) is 25.6 Å². The topological polar surface area (TPSA) is 113 Å². The van der Waals surface area contributed by atoms with Crippen molar-refractivity contribution in [3.8, 4) is 11.5 Å². The number of pyridine rings is 1. The lowest BCUT2D eigenvalue weighted by molar-refractivity contribution is -0.148. The van der Waals surface area contributed by atoms with E-state index >= 15 is 0 Å². The van der Waals surface area contributed by atoms with Crippen molar-refractivity contribution >= 4 is 17.6 Å². The zero-order chi connectivity index (χ0) is 24.9. The zero-order valence-electron chi connectivity index (χ0n) is 19.9. The molecule has 0 saturated heterocycles. The van der Waals surface area contributed by atoms with Crippen LogP contribution in [0.2, 0.25) is 0 Å². The van der Waals surface area contributed by atoms with Crippen molar-refractivity contribution in [1.82, 2.24) is 24.6 Å². The SMILES string of the molecule is C[C@H]1CCc2nnc(-c3cccc(NC(=O)c4cc5c(cc4F)CCN(C(=O)C(C)(C)O)C5)n3)n21. The molecule has 0 bridgehead atoms. The summed E-state index contributed by atoms with van der Waals surface area (Å²) < 4.78 is 16.9. The summed E-state index contributed by atoms with van der Waals surface area (Å²) in [6.07, 6.45) is 2.30. The molecule has 35 heavy (non-hydrogen) atoms. The summed E-state index contributed by atoms with van der Waals surface area (Å²) in [5, 5.41) is 21.2. The molecule has 0 spiro atoms. The highest BCUT2D eigenvalue weighted by Gasteiger charge is 2.32. The van der Waals surface area contributed by atoms with Crippen LogP contribution in [0.4, 0.5) is 10.2 Å². The summed E-state index contributed by atoms with van der Waals surface area (Å²) in [5.74, 6) is 0.138. The lowest BCUT2D eigenvalue weighted by Crippen LogP contribution is -2.47. The molecule has 0 saturated carbocycles. The van der Waals surface area contributed by atoms with Gasteiger partial charge in [-0.1, -0.05) is 6.07 Å². The van der Waals surface area contributed by atoms with Gasteiger partial charge >= 0.3 is 0 Å². The molecule has 2 aliphatic rings. The minimum Gasteiger partial charge on any atom is -0.381 e. The molecule has 182 valence electrons. The zero-order valence-corrected chi connectivity index (χ0v) is 19.9. The molecule has 5 rings (SSSR count). The van der Waals surface area contributed by atoms with E-state index in [9.17, 15) is 19.1 Å². The monoisotopic (exact) mass is 478 g/mol. The van der Waals surface area contributed by atoms with Crippen LogP contribution in [0.5, 0.6) is 0 Å². The van der Waals surface area contributed by atoms with Crippen LogP contribution < -0.4 is 5.32 Å². The Balaban J connectivity index is 1.38. The van der Waals surface area contributed by atoms with Crippen LogP contribution in [-0.4, -0.2) is 53.7 Å². The number of hydrogen-bond donors (Lipinski definition) is 2. The molecule has 2 N–H and O–H groups in total. The Morgan fingerprint density at radius 1 is 1.17 bits per heavy atom. The maximum absolute atomic E-state index is 14.8. The molecule has 2 amide bonds. The molecule has 2 aromatic heterocycles. The van der Waals surface area contributed by atoms with Crippen molar-refractivity contribution in [2.45, 2.75) is 58.2 Å². The van der Waals surface area contributed by atoms with Gasteiger partial charge in [-0.3, -0.25) is 9.59 Å². The van der Waals surface area contributed by atoms with E-state index < -0.39 is 23.2 Å². The van der Waals surface area contributed by atoms with E-state index in [4.69, 9.17) is 0 Å². The Bertz CT molecular complexity index is 1330. The summed E-state index contributed by atoms with van der Waals surface area (Å²) in [4.78, 5) is 31.5. The lowest BCUT2D eigenvalue weighted by atomic mass is 9.95.